The van der Waals surface area contributed by atoms with Crippen LogP contribution in [0.3, 0.4) is 0 Å². The Bertz CT molecular complexity index is 514. The minimum absolute atomic E-state index is 0.0271. The molecule has 1 aromatic heterocycles. The van der Waals surface area contributed by atoms with Crippen molar-refractivity contribution in [2.75, 3.05) is 6.54 Å². The van der Waals surface area contributed by atoms with E-state index in [1.165, 1.54) is 0 Å². The van der Waals surface area contributed by atoms with Crippen LogP contribution in [0.15, 0.2) is 28.7 Å². The standard InChI is InChI=1S/C13H15NO2/c1-9-4-5-12-10(7-9)8-13(16-12)11(15)3-2-6-14/h4-5,7-8H,2-3,6,14H2,1H3. The van der Waals surface area contributed by atoms with Crippen LogP contribution in [-0.4, -0.2) is 12.3 Å². The van der Waals surface area contributed by atoms with Gasteiger partial charge in [0.2, 0.25) is 0 Å². The summed E-state index contributed by atoms with van der Waals surface area (Å²) in [7, 11) is 0. The number of carbonyl (C=O) groups excluding carboxylic acids is 1. The molecule has 0 saturated carbocycles. The van der Waals surface area contributed by atoms with Crippen LogP contribution in [0.25, 0.3) is 11.0 Å². The molecule has 0 amide bonds. The Hall–Kier alpha value is -1.61. The van der Waals surface area contributed by atoms with Crippen LogP contribution in [0.4, 0.5) is 0 Å². The molecule has 0 spiro atoms. The summed E-state index contributed by atoms with van der Waals surface area (Å²) in [6.45, 7) is 2.55. The maximum Gasteiger partial charge on any atom is 0.198 e. The molecule has 0 saturated heterocycles. The third kappa shape index (κ3) is 2.14. The molecule has 1 heterocycles. The molecule has 0 aliphatic heterocycles. The van der Waals surface area contributed by atoms with Gasteiger partial charge in [0.25, 0.3) is 0 Å². The second kappa shape index (κ2) is 4.49. The molecule has 0 aliphatic carbocycles. The highest BCUT2D eigenvalue weighted by atomic mass is 16.3. The van der Waals surface area contributed by atoms with Crippen molar-refractivity contribution >= 4 is 16.8 Å². The Kier molecular flexibility index (Phi) is 3.06. The van der Waals surface area contributed by atoms with E-state index in [1.54, 1.807) is 6.07 Å². The van der Waals surface area contributed by atoms with Crippen LogP contribution >= 0.6 is 0 Å². The number of carbonyl (C=O) groups is 1. The largest absolute Gasteiger partial charge is 0.453 e. The van der Waals surface area contributed by atoms with E-state index in [1.807, 2.05) is 25.1 Å². The highest BCUT2D eigenvalue weighted by molar-refractivity contribution is 5.97. The van der Waals surface area contributed by atoms with E-state index in [0.717, 1.165) is 16.5 Å². The summed E-state index contributed by atoms with van der Waals surface area (Å²) in [5, 5.41) is 0.982. The Morgan fingerprint density at radius 3 is 2.94 bits per heavy atom. The van der Waals surface area contributed by atoms with Gasteiger partial charge in [-0.3, -0.25) is 4.79 Å². The fourth-order valence-corrected chi connectivity index (χ4v) is 1.69. The van der Waals surface area contributed by atoms with Crippen molar-refractivity contribution in [2.24, 2.45) is 5.73 Å². The van der Waals surface area contributed by atoms with Gasteiger partial charge in [-0.25, -0.2) is 0 Å². The van der Waals surface area contributed by atoms with Crippen molar-refractivity contribution in [3.8, 4) is 0 Å². The van der Waals surface area contributed by atoms with Gasteiger partial charge in [0.15, 0.2) is 11.5 Å². The summed E-state index contributed by atoms with van der Waals surface area (Å²) < 4.78 is 5.49. The predicted molar refractivity (Wildman–Crippen MR) is 63.6 cm³/mol. The Morgan fingerprint density at radius 2 is 2.19 bits per heavy atom. The van der Waals surface area contributed by atoms with Crippen LogP contribution in [0.1, 0.15) is 29.0 Å². The molecule has 0 unspecified atom stereocenters. The number of hydrogen-bond donors (Lipinski definition) is 1. The number of aryl methyl sites for hydroxylation is 1. The molecule has 0 aliphatic rings. The average Bonchev–Trinajstić information content (AvgIpc) is 2.68. The molecule has 2 aromatic rings. The smallest absolute Gasteiger partial charge is 0.198 e. The third-order valence-electron chi connectivity index (χ3n) is 2.55. The van der Waals surface area contributed by atoms with Gasteiger partial charge >= 0.3 is 0 Å². The molecule has 0 bridgehead atoms. The van der Waals surface area contributed by atoms with Gasteiger partial charge in [-0.15, -0.1) is 0 Å². The van der Waals surface area contributed by atoms with Crippen LogP contribution in [0.2, 0.25) is 0 Å². The quantitative estimate of drug-likeness (QED) is 0.801. The summed E-state index contributed by atoms with van der Waals surface area (Å²) in [6.07, 6.45) is 1.16. The number of ketones is 1. The fourth-order valence-electron chi connectivity index (χ4n) is 1.69. The fraction of sp³-hybridized carbons (Fsp3) is 0.308. The molecule has 3 heteroatoms. The van der Waals surface area contributed by atoms with Crippen molar-refractivity contribution in [1.29, 1.82) is 0 Å². The van der Waals surface area contributed by atoms with E-state index < -0.39 is 0 Å². The summed E-state index contributed by atoms with van der Waals surface area (Å²) >= 11 is 0. The first kappa shape index (κ1) is 10.9. The molecule has 3 nitrogen and oxygen atoms in total. The maximum absolute atomic E-state index is 11.7. The minimum Gasteiger partial charge on any atom is -0.453 e. The zero-order valence-corrected chi connectivity index (χ0v) is 9.32. The lowest BCUT2D eigenvalue weighted by Crippen LogP contribution is -2.03. The molecule has 16 heavy (non-hydrogen) atoms. The van der Waals surface area contributed by atoms with Gasteiger partial charge in [0.1, 0.15) is 5.58 Å². The van der Waals surface area contributed by atoms with E-state index in [9.17, 15) is 4.79 Å². The molecule has 2 N–H and O–H groups in total. The molecular formula is C13H15NO2. The zero-order chi connectivity index (χ0) is 11.5. The molecule has 0 atom stereocenters. The zero-order valence-electron chi connectivity index (χ0n) is 9.32. The number of Topliss-reactive ketones (excluding diaryl/α,β-unsaturated/α-hetero) is 1. The first-order chi connectivity index (χ1) is 7.70. The Morgan fingerprint density at radius 1 is 1.38 bits per heavy atom. The summed E-state index contributed by atoms with van der Waals surface area (Å²) in [4.78, 5) is 11.7. The normalized spacial score (nSPS) is 10.9. The van der Waals surface area contributed by atoms with Crippen LogP contribution < -0.4 is 5.73 Å². The number of benzene rings is 1. The van der Waals surface area contributed by atoms with Gasteiger partial charge < -0.3 is 10.2 Å². The lowest BCUT2D eigenvalue weighted by Gasteiger charge is -1.93. The Balaban J connectivity index is 2.28. The van der Waals surface area contributed by atoms with Gasteiger partial charge in [0.05, 0.1) is 0 Å². The first-order valence-corrected chi connectivity index (χ1v) is 5.44. The van der Waals surface area contributed by atoms with Crippen molar-refractivity contribution in [2.45, 2.75) is 19.8 Å². The van der Waals surface area contributed by atoms with Gasteiger partial charge in [-0.05, 0) is 38.1 Å². The predicted octanol–water partition coefficient (Wildman–Crippen LogP) is 2.66. The number of rotatable bonds is 4. The first-order valence-electron chi connectivity index (χ1n) is 5.44. The topological polar surface area (TPSA) is 56.2 Å². The minimum atomic E-state index is 0.0271. The van der Waals surface area contributed by atoms with E-state index in [2.05, 4.69) is 0 Å². The van der Waals surface area contributed by atoms with Gasteiger partial charge in [-0.2, -0.15) is 0 Å². The monoisotopic (exact) mass is 217 g/mol. The second-order valence-corrected chi connectivity index (χ2v) is 3.97. The highest BCUT2D eigenvalue weighted by Crippen LogP contribution is 2.21. The Labute approximate surface area is 94.2 Å². The van der Waals surface area contributed by atoms with Crippen molar-refractivity contribution in [1.82, 2.24) is 0 Å². The number of furan rings is 1. The third-order valence-corrected chi connectivity index (χ3v) is 2.55. The molecular weight excluding hydrogens is 202 g/mol. The molecule has 0 fully saturated rings. The summed E-state index contributed by atoms with van der Waals surface area (Å²) in [5.41, 5.74) is 7.29. The van der Waals surface area contributed by atoms with Crippen molar-refractivity contribution in [3.05, 3.63) is 35.6 Å². The highest BCUT2D eigenvalue weighted by Gasteiger charge is 2.11. The van der Waals surface area contributed by atoms with E-state index >= 15 is 0 Å². The number of fused-ring (bicyclic) bond motifs is 1. The summed E-state index contributed by atoms with van der Waals surface area (Å²) in [5.74, 6) is 0.466. The van der Waals surface area contributed by atoms with E-state index in [-0.39, 0.29) is 5.78 Å². The van der Waals surface area contributed by atoms with Gasteiger partial charge in [0, 0.05) is 11.8 Å². The van der Waals surface area contributed by atoms with Crippen LogP contribution in [-0.2, 0) is 0 Å². The summed E-state index contributed by atoms with van der Waals surface area (Å²) in [6, 6.07) is 7.68. The maximum atomic E-state index is 11.7. The van der Waals surface area contributed by atoms with E-state index in [4.69, 9.17) is 10.2 Å². The van der Waals surface area contributed by atoms with E-state index in [0.29, 0.717) is 25.1 Å². The number of hydrogen-bond acceptors (Lipinski definition) is 3. The lowest BCUT2D eigenvalue weighted by atomic mass is 10.1. The van der Waals surface area contributed by atoms with Gasteiger partial charge in [-0.1, -0.05) is 11.6 Å². The lowest BCUT2D eigenvalue weighted by molar-refractivity contribution is 0.0956. The SMILES string of the molecule is Cc1ccc2oc(C(=O)CCCN)cc2c1. The van der Waals surface area contributed by atoms with Crippen LogP contribution in [0.5, 0.6) is 0 Å². The molecule has 1 aromatic carbocycles. The van der Waals surface area contributed by atoms with Crippen molar-refractivity contribution < 1.29 is 9.21 Å². The molecule has 0 radical (unpaired) electrons. The van der Waals surface area contributed by atoms with Crippen LogP contribution in [0, 0.1) is 6.92 Å². The molecule has 84 valence electrons. The average molecular weight is 217 g/mol. The number of nitrogens with two attached hydrogens (primary N) is 1. The second-order valence-electron chi connectivity index (χ2n) is 3.97. The molecule has 2 rings (SSSR count). The van der Waals surface area contributed by atoms with Crippen molar-refractivity contribution in [3.63, 3.8) is 0 Å².